The summed E-state index contributed by atoms with van der Waals surface area (Å²) in [6, 6.07) is 18.0. The van der Waals surface area contributed by atoms with Crippen molar-refractivity contribution in [1.82, 2.24) is 14.2 Å². The highest BCUT2D eigenvalue weighted by atomic mass is 32.2. The molecule has 0 fully saturated rings. The van der Waals surface area contributed by atoms with E-state index >= 15 is 0 Å². The van der Waals surface area contributed by atoms with E-state index in [1.54, 1.807) is 48.9 Å². The van der Waals surface area contributed by atoms with E-state index in [0.717, 1.165) is 26.3 Å². The average molecular weight is 462 g/mol. The van der Waals surface area contributed by atoms with Crippen molar-refractivity contribution in [3.63, 3.8) is 0 Å². The molecule has 0 unspecified atom stereocenters. The number of methoxy groups -OCH3 is 1. The Morgan fingerprint density at radius 2 is 1.69 bits per heavy atom. The lowest BCUT2D eigenvalue weighted by molar-refractivity contribution is 0.415. The normalized spacial score (nSPS) is 11.7. The molecule has 0 amide bonds. The SMILES string of the molecule is COc1ccc(-c2nn(S(=O)(=O)c3ccc(C)cc3)c3nccc(-c4ccsc4)c23)cc1. The molecule has 3 aromatic heterocycles. The van der Waals surface area contributed by atoms with Gasteiger partial charge in [0.15, 0.2) is 5.65 Å². The Labute approximate surface area is 189 Å². The minimum absolute atomic E-state index is 0.163. The maximum absolute atomic E-state index is 13.5. The molecule has 5 aromatic rings. The van der Waals surface area contributed by atoms with Gasteiger partial charge in [0.05, 0.1) is 17.4 Å². The Bertz CT molecular complexity index is 1500. The van der Waals surface area contributed by atoms with Gasteiger partial charge < -0.3 is 4.74 Å². The molecule has 0 radical (unpaired) electrons. The van der Waals surface area contributed by atoms with Crippen LogP contribution in [0.25, 0.3) is 33.4 Å². The van der Waals surface area contributed by atoms with Crippen LogP contribution in [0.2, 0.25) is 0 Å². The van der Waals surface area contributed by atoms with Crippen molar-refractivity contribution in [2.75, 3.05) is 7.11 Å². The first kappa shape index (κ1) is 20.4. The van der Waals surface area contributed by atoms with Crippen molar-refractivity contribution in [1.29, 1.82) is 0 Å². The molecular weight excluding hydrogens is 442 g/mol. The van der Waals surface area contributed by atoms with Crippen molar-refractivity contribution >= 4 is 32.4 Å². The number of hydrogen-bond acceptors (Lipinski definition) is 6. The van der Waals surface area contributed by atoms with Gasteiger partial charge in [-0.25, -0.2) is 4.98 Å². The maximum Gasteiger partial charge on any atom is 0.284 e. The summed E-state index contributed by atoms with van der Waals surface area (Å²) >= 11 is 1.58. The third kappa shape index (κ3) is 3.37. The Balaban J connectivity index is 1.82. The number of fused-ring (bicyclic) bond motifs is 1. The predicted molar refractivity (Wildman–Crippen MR) is 127 cm³/mol. The Kier molecular flexibility index (Phi) is 5.03. The molecule has 0 spiro atoms. The first-order valence-corrected chi connectivity index (χ1v) is 12.2. The van der Waals surface area contributed by atoms with E-state index in [9.17, 15) is 8.42 Å². The lowest BCUT2D eigenvalue weighted by Gasteiger charge is -2.06. The topological polar surface area (TPSA) is 74.1 Å². The number of benzene rings is 2. The molecule has 0 saturated carbocycles. The molecule has 3 heterocycles. The number of rotatable bonds is 5. The van der Waals surface area contributed by atoms with E-state index in [1.807, 2.05) is 54.1 Å². The number of ether oxygens (including phenoxy) is 1. The number of aromatic nitrogens is 3. The molecule has 0 aliphatic heterocycles. The van der Waals surface area contributed by atoms with E-state index in [0.29, 0.717) is 22.5 Å². The minimum atomic E-state index is -3.95. The first-order chi connectivity index (χ1) is 15.5. The van der Waals surface area contributed by atoms with Crippen LogP contribution in [0.4, 0.5) is 0 Å². The zero-order chi connectivity index (χ0) is 22.3. The van der Waals surface area contributed by atoms with Gasteiger partial charge in [-0.05, 0) is 77.3 Å². The summed E-state index contributed by atoms with van der Waals surface area (Å²) in [5.74, 6) is 0.709. The quantitative estimate of drug-likeness (QED) is 0.351. The van der Waals surface area contributed by atoms with Crippen LogP contribution in [-0.4, -0.2) is 29.7 Å². The summed E-state index contributed by atoms with van der Waals surface area (Å²) in [5, 5.41) is 9.29. The first-order valence-electron chi connectivity index (χ1n) is 9.86. The van der Waals surface area contributed by atoms with Gasteiger partial charge in [0.1, 0.15) is 11.4 Å². The molecular formula is C24H19N3O3S2. The van der Waals surface area contributed by atoms with E-state index < -0.39 is 10.0 Å². The fraction of sp³-hybridized carbons (Fsp3) is 0.0833. The second-order valence-corrected chi connectivity index (χ2v) is 9.85. The zero-order valence-corrected chi connectivity index (χ0v) is 19.0. The number of hydrogen-bond donors (Lipinski definition) is 0. The van der Waals surface area contributed by atoms with Gasteiger partial charge in [-0.1, -0.05) is 17.7 Å². The van der Waals surface area contributed by atoms with Crippen LogP contribution in [0.1, 0.15) is 5.56 Å². The molecule has 8 heteroatoms. The van der Waals surface area contributed by atoms with E-state index in [1.165, 1.54) is 0 Å². The monoisotopic (exact) mass is 461 g/mol. The van der Waals surface area contributed by atoms with Gasteiger partial charge >= 0.3 is 0 Å². The molecule has 0 bridgehead atoms. The molecule has 6 nitrogen and oxygen atoms in total. The van der Waals surface area contributed by atoms with Gasteiger partial charge in [-0.2, -0.15) is 24.9 Å². The summed E-state index contributed by atoms with van der Waals surface area (Å²) in [7, 11) is -2.34. The van der Waals surface area contributed by atoms with E-state index in [4.69, 9.17) is 4.74 Å². The minimum Gasteiger partial charge on any atom is -0.497 e. The van der Waals surface area contributed by atoms with Crippen LogP contribution in [0.15, 0.2) is 82.5 Å². The molecule has 0 N–H and O–H groups in total. The van der Waals surface area contributed by atoms with Gasteiger partial charge in [0.2, 0.25) is 0 Å². The highest BCUT2D eigenvalue weighted by Gasteiger charge is 2.26. The van der Waals surface area contributed by atoms with Crippen molar-refractivity contribution in [3.8, 4) is 28.1 Å². The molecule has 0 aliphatic rings. The largest absolute Gasteiger partial charge is 0.497 e. The van der Waals surface area contributed by atoms with Gasteiger partial charge in [0, 0.05) is 11.8 Å². The van der Waals surface area contributed by atoms with Crippen LogP contribution in [-0.2, 0) is 10.0 Å². The lowest BCUT2D eigenvalue weighted by Crippen LogP contribution is -2.15. The van der Waals surface area contributed by atoms with Gasteiger partial charge in [-0.3, -0.25) is 0 Å². The third-order valence-corrected chi connectivity index (χ3v) is 7.54. The fourth-order valence-electron chi connectivity index (χ4n) is 3.60. The van der Waals surface area contributed by atoms with Crippen molar-refractivity contribution in [2.24, 2.45) is 0 Å². The predicted octanol–water partition coefficient (Wildman–Crippen LogP) is 5.38. The number of nitrogens with zero attached hydrogens (tertiary/aromatic N) is 3. The second kappa shape index (κ2) is 7.89. The smallest absolute Gasteiger partial charge is 0.284 e. The highest BCUT2D eigenvalue weighted by Crippen LogP contribution is 2.37. The fourth-order valence-corrected chi connectivity index (χ4v) is 5.50. The Morgan fingerprint density at radius 1 is 0.938 bits per heavy atom. The Morgan fingerprint density at radius 3 is 2.34 bits per heavy atom. The van der Waals surface area contributed by atoms with Crippen LogP contribution < -0.4 is 4.74 Å². The van der Waals surface area contributed by atoms with Crippen molar-refractivity contribution in [2.45, 2.75) is 11.8 Å². The standard InChI is InChI=1S/C24H19N3O3S2/c1-16-3-9-20(10-4-16)32(28,29)27-24-22(21(11-13-25-24)18-12-14-31-15-18)23(26-27)17-5-7-19(30-2)8-6-17/h3-15H,1-2H3. The summed E-state index contributed by atoms with van der Waals surface area (Å²) in [5.41, 5.74) is 4.47. The molecule has 2 aromatic carbocycles. The maximum atomic E-state index is 13.5. The Hall–Kier alpha value is -3.49. The molecule has 5 rings (SSSR count). The van der Waals surface area contributed by atoms with E-state index in [-0.39, 0.29) is 4.90 Å². The average Bonchev–Trinajstić information content (AvgIpc) is 3.48. The number of thiophene rings is 1. The van der Waals surface area contributed by atoms with E-state index in [2.05, 4.69) is 10.1 Å². The van der Waals surface area contributed by atoms with Crippen LogP contribution in [0.3, 0.4) is 0 Å². The van der Waals surface area contributed by atoms with Crippen LogP contribution >= 0.6 is 11.3 Å². The lowest BCUT2D eigenvalue weighted by atomic mass is 10.0. The van der Waals surface area contributed by atoms with Gasteiger partial charge in [-0.15, -0.1) is 4.09 Å². The summed E-state index contributed by atoms with van der Waals surface area (Å²) in [6.07, 6.45) is 1.62. The van der Waals surface area contributed by atoms with Crippen LogP contribution in [0, 0.1) is 6.92 Å². The molecule has 0 atom stereocenters. The molecule has 0 aliphatic carbocycles. The summed E-state index contributed by atoms with van der Waals surface area (Å²) < 4.78 is 33.4. The van der Waals surface area contributed by atoms with Gasteiger partial charge in [0.25, 0.3) is 10.0 Å². The van der Waals surface area contributed by atoms with Crippen molar-refractivity contribution < 1.29 is 13.2 Å². The van der Waals surface area contributed by atoms with Crippen molar-refractivity contribution in [3.05, 3.63) is 83.2 Å². The highest BCUT2D eigenvalue weighted by molar-refractivity contribution is 7.90. The molecule has 0 saturated heterocycles. The summed E-state index contributed by atoms with van der Waals surface area (Å²) in [6.45, 7) is 1.91. The second-order valence-electron chi connectivity index (χ2n) is 7.31. The molecule has 160 valence electrons. The third-order valence-electron chi connectivity index (χ3n) is 5.28. The number of aryl methyl sites for hydroxylation is 1. The number of pyridine rings is 1. The zero-order valence-electron chi connectivity index (χ0n) is 17.4. The molecule has 32 heavy (non-hydrogen) atoms. The summed E-state index contributed by atoms with van der Waals surface area (Å²) in [4.78, 5) is 4.60. The van der Waals surface area contributed by atoms with Crippen LogP contribution in [0.5, 0.6) is 5.75 Å².